The molecule has 0 heterocycles. The Morgan fingerprint density at radius 2 is 1.68 bits per heavy atom. The molecule has 1 aliphatic rings. The Morgan fingerprint density at radius 3 is 2.24 bits per heavy atom. The minimum absolute atomic E-state index is 0.298. The van der Waals surface area contributed by atoms with Gasteiger partial charge in [0.25, 0.3) is 0 Å². The zero-order valence-electron chi connectivity index (χ0n) is 23.0. The quantitative estimate of drug-likeness (QED) is 0.308. The predicted octanol–water partition coefficient (Wildman–Crippen LogP) is 9.78. The van der Waals surface area contributed by atoms with Gasteiger partial charge in [-0.15, -0.1) is 6.42 Å². The van der Waals surface area contributed by atoms with Gasteiger partial charge in [-0.05, 0) is 102 Å². The van der Waals surface area contributed by atoms with Crippen molar-refractivity contribution in [3.63, 3.8) is 0 Å². The Balaban J connectivity index is 1.48. The Labute approximate surface area is 223 Å². The number of anilines is 1. The molecule has 0 radical (unpaired) electrons. The molecule has 4 atom stereocenters. The first kappa shape index (κ1) is 26.7. The molecular formula is C35H40FN. The van der Waals surface area contributed by atoms with Crippen LogP contribution < -0.4 is 5.32 Å². The summed E-state index contributed by atoms with van der Waals surface area (Å²) < 4.78 is 14.5. The molecule has 1 nitrogen and oxygen atoms in total. The molecule has 0 saturated heterocycles. The summed E-state index contributed by atoms with van der Waals surface area (Å²) in [4.78, 5) is 0. The van der Waals surface area contributed by atoms with Crippen molar-refractivity contribution in [1.29, 1.82) is 0 Å². The van der Waals surface area contributed by atoms with E-state index in [1.807, 2.05) is 12.1 Å². The Morgan fingerprint density at radius 1 is 1.00 bits per heavy atom. The zero-order chi connectivity index (χ0) is 26.7. The van der Waals surface area contributed by atoms with Crippen molar-refractivity contribution in [3.05, 3.63) is 89.4 Å². The predicted molar refractivity (Wildman–Crippen MR) is 157 cm³/mol. The van der Waals surface area contributed by atoms with Crippen LogP contribution >= 0.6 is 0 Å². The fourth-order valence-corrected chi connectivity index (χ4v) is 6.15. The van der Waals surface area contributed by atoms with Gasteiger partial charge in [0.05, 0.1) is 0 Å². The summed E-state index contributed by atoms with van der Waals surface area (Å²) in [5.74, 6) is 5.30. The highest BCUT2D eigenvalue weighted by atomic mass is 19.1. The van der Waals surface area contributed by atoms with Gasteiger partial charge in [0, 0.05) is 22.5 Å². The molecule has 1 N–H and O–H groups in total. The third-order valence-electron chi connectivity index (χ3n) is 8.69. The van der Waals surface area contributed by atoms with Gasteiger partial charge in [-0.2, -0.15) is 0 Å². The van der Waals surface area contributed by atoms with E-state index >= 15 is 0 Å². The number of terminal acetylenes is 1. The first-order chi connectivity index (χ1) is 17.7. The molecule has 2 heteroatoms. The van der Waals surface area contributed by atoms with Gasteiger partial charge in [0.15, 0.2) is 0 Å². The number of halogens is 1. The van der Waals surface area contributed by atoms with Crippen LogP contribution in [0.2, 0.25) is 0 Å². The number of aryl methyl sites for hydroxylation is 2. The van der Waals surface area contributed by atoms with Crippen LogP contribution in [0.5, 0.6) is 0 Å². The third-order valence-corrected chi connectivity index (χ3v) is 8.69. The van der Waals surface area contributed by atoms with Crippen LogP contribution in [0.3, 0.4) is 0 Å². The van der Waals surface area contributed by atoms with Crippen LogP contribution in [-0.2, 0) is 0 Å². The monoisotopic (exact) mass is 493 g/mol. The Kier molecular flexibility index (Phi) is 8.23. The normalized spacial score (nSPS) is 19.9. The Hall–Kier alpha value is -3.31. The van der Waals surface area contributed by atoms with E-state index in [9.17, 15) is 4.39 Å². The summed E-state index contributed by atoms with van der Waals surface area (Å²) >= 11 is 0. The molecule has 4 unspecified atom stereocenters. The minimum Gasteiger partial charge on any atom is -0.359 e. The van der Waals surface area contributed by atoms with Crippen molar-refractivity contribution < 1.29 is 4.39 Å². The van der Waals surface area contributed by atoms with E-state index in [2.05, 4.69) is 76.7 Å². The second-order valence-electron chi connectivity index (χ2n) is 11.1. The Bertz CT molecular complexity index is 1310. The number of hydrogen-bond acceptors (Lipinski definition) is 1. The van der Waals surface area contributed by atoms with E-state index in [4.69, 9.17) is 6.42 Å². The van der Waals surface area contributed by atoms with Crippen molar-refractivity contribution in [3.8, 4) is 34.6 Å². The van der Waals surface area contributed by atoms with Crippen molar-refractivity contribution in [2.45, 2.75) is 60.3 Å². The lowest BCUT2D eigenvalue weighted by Crippen LogP contribution is -2.20. The van der Waals surface area contributed by atoms with Gasteiger partial charge < -0.3 is 5.32 Å². The maximum Gasteiger partial charge on any atom is 0.132 e. The van der Waals surface area contributed by atoms with Gasteiger partial charge >= 0.3 is 0 Å². The highest BCUT2D eigenvalue weighted by Gasteiger charge is 2.34. The number of allylic oxidation sites excluding steroid dienone is 1. The summed E-state index contributed by atoms with van der Waals surface area (Å²) in [6.07, 6.45) is 10.3. The van der Waals surface area contributed by atoms with Gasteiger partial charge in [-0.1, -0.05) is 76.4 Å². The molecule has 3 aromatic carbocycles. The van der Waals surface area contributed by atoms with E-state index < -0.39 is 0 Å². The molecule has 4 rings (SSSR count). The third kappa shape index (κ3) is 5.83. The maximum absolute atomic E-state index is 14.5. The molecule has 0 bridgehead atoms. The maximum atomic E-state index is 14.5. The number of rotatable bonds is 8. The fourth-order valence-electron chi connectivity index (χ4n) is 6.15. The van der Waals surface area contributed by atoms with Crippen LogP contribution in [0.25, 0.3) is 22.3 Å². The lowest BCUT2D eigenvalue weighted by Gasteiger charge is -2.28. The van der Waals surface area contributed by atoms with E-state index in [1.165, 1.54) is 42.0 Å². The molecule has 0 spiro atoms. The van der Waals surface area contributed by atoms with E-state index in [0.29, 0.717) is 17.0 Å². The van der Waals surface area contributed by atoms with E-state index in [1.54, 1.807) is 12.1 Å². The van der Waals surface area contributed by atoms with Crippen molar-refractivity contribution in [2.24, 2.45) is 23.7 Å². The standard InChI is InChI=1S/C35H40FN/c1-8-27-11-17-32(34(36)21-27)29-12-14-30(15-13-29)33-18-24(5)35(19-23(33)4)37-25(6)20-28(9-2)31-16-10-22(3)26(31)7/h1,11-15,17-19,21-22,26,28,31,37H,6,9-10,16,20H2,2-5,7H3. The van der Waals surface area contributed by atoms with Gasteiger partial charge in [-0.25, -0.2) is 4.39 Å². The van der Waals surface area contributed by atoms with Gasteiger partial charge in [0.1, 0.15) is 5.82 Å². The molecule has 3 aromatic rings. The van der Waals surface area contributed by atoms with Crippen LogP contribution in [0, 0.1) is 55.7 Å². The number of hydrogen-bond donors (Lipinski definition) is 1. The SMILES string of the molecule is C#Cc1ccc(-c2ccc(-c3cc(C)c(NC(=C)CC(CC)C4CCC(C)C4C)cc3C)cc2)c(F)c1. The summed E-state index contributed by atoms with van der Waals surface area (Å²) in [6, 6.07) is 17.5. The molecule has 0 aliphatic heterocycles. The molecule has 192 valence electrons. The highest BCUT2D eigenvalue weighted by Crippen LogP contribution is 2.44. The molecule has 37 heavy (non-hydrogen) atoms. The lowest BCUT2D eigenvalue weighted by atomic mass is 9.79. The number of nitrogens with one attached hydrogen (secondary N) is 1. The molecule has 1 aliphatic carbocycles. The average molecular weight is 494 g/mol. The highest BCUT2D eigenvalue weighted by molar-refractivity contribution is 5.75. The minimum atomic E-state index is -0.298. The fraction of sp³-hybridized carbons (Fsp3) is 0.371. The number of benzene rings is 3. The second-order valence-corrected chi connectivity index (χ2v) is 11.1. The van der Waals surface area contributed by atoms with Crippen LogP contribution in [0.1, 0.15) is 63.1 Å². The zero-order valence-corrected chi connectivity index (χ0v) is 23.0. The van der Waals surface area contributed by atoms with Gasteiger partial charge in [-0.3, -0.25) is 0 Å². The van der Waals surface area contributed by atoms with Crippen molar-refractivity contribution in [2.75, 3.05) is 5.32 Å². The van der Waals surface area contributed by atoms with E-state index in [0.717, 1.165) is 46.7 Å². The van der Waals surface area contributed by atoms with Crippen molar-refractivity contribution in [1.82, 2.24) is 0 Å². The average Bonchev–Trinajstić information content (AvgIpc) is 3.22. The summed E-state index contributed by atoms with van der Waals surface area (Å²) in [7, 11) is 0. The molecule has 1 saturated carbocycles. The first-order valence-electron chi connectivity index (χ1n) is 13.6. The van der Waals surface area contributed by atoms with Crippen LogP contribution in [0.4, 0.5) is 10.1 Å². The largest absolute Gasteiger partial charge is 0.359 e. The summed E-state index contributed by atoms with van der Waals surface area (Å²) in [5, 5.41) is 3.64. The molecule has 0 amide bonds. The first-order valence-corrected chi connectivity index (χ1v) is 13.6. The smallest absolute Gasteiger partial charge is 0.132 e. The van der Waals surface area contributed by atoms with Crippen LogP contribution in [0.15, 0.2) is 66.9 Å². The summed E-state index contributed by atoms with van der Waals surface area (Å²) in [5.41, 5.74) is 8.87. The second kappa shape index (κ2) is 11.4. The van der Waals surface area contributed by atoms with Crippen molar-refractivity contribution >= 4 is 5.69 Å². The topological polar surface area (TPSA) is 12.0 Å². The van der Waals surface area contributed by atoms with Crippen LogP contribution in [-0.4, -0.2) is 0 Å². The van der Waals surface area contributed by atoms with E-state index in [-0.39, 0.29) is 5.82 Å². The molecular weight excluding hydrogens is 453 g/mol. The van der Waals surface area contributed by atoms with Gasteiger partial charge in [0.2, 0.25) is 0 Å². The molecule has 1 fully saturated rings. The lowest BCUT2D eigenvalue weighted by molar-refractivity contribution is 0.243. The molecule has 0 aromatic heterocycles. The summed E-state index contributed by atoms with van der Waals surface area (Å²) in [6.45, 7) is 15.9.